The fraction of sp³-hybridized carbons (Fsp3) is 0.743. The Morgan fingerprint density at radius 1 is 0.907 bits per heavy atom. The molecule has 0 radical (unpaired) electrons. The lowest BCUT2D eigenvalue weighted by Gasteiger charge is -2.49. The predicted octanol–water partition coefficient (Wildman–Crippen LogP) is 4.97. The zero-order chi connectivity index (χ0) is 30.1. The van der Waals surface area contributed by atoms with Crippen molar-refractivity contribution >= 4 is 17.7 Å². The molecule has 5 aliphatic rings. The Labute approximate surface area is 256 Å². The number of hydrogen-bond acceptors (Lipinski definition) is 4. The van der Waals surface area contributed by atoms with E-state index in [0.717, 1.165) is 56.9 Å². The molecule has 8 heteroatoms. The topological polar surface area (TPSA) is 81.8 Å². The minimum absolute atomic E-state index is 0.0751. The van der Waals surface area contributed by atoms with Crippen molar-refractivity contribution in [2.24, 2.45) is 17.3 Å². The van der Waals surface area contributed by atoms with Gasteiger partial charge in [-0.2, -0.15) is 0 Å². The molecule has 4 saturated heterocycles. The molecule has 0 unspecified atom stereocenters. The summed E-state index contributed by atoms with van der Waals surface area (Å²) >= 11 is 0. The van der Waals surface area contributed by atoms with Gasteiger partial charge in [0.15, 0.2) is 0 Å². The van der Waals surface area contributed by atoms with Gasteiger partial charge in [0, 0.05) is 49.6 Å². The van der Waals surface area contributed by atoms with Crippen molar-refractivity contribution < 1.29 is 18.8 Å². The van der Waals surface area contributed by atoms with Crippen LogP contribution in [0.2, 0.25) is 0 Å². The highest BCUT2D eigenvalue weighted by Crippen LogP contribution is 2.50. The molecule has 1 aliphatic carbocycles. The molecule has 2 bridgehead atoms. The fourth-order valence-electron chi connectivity index (χ4n) is 9.43. The van der Waals surface area contributed by atoms with Crippen molar-refractivity contribution in [3.63, 3.8) is 0 Å². The van der Waals surface area contributed by atoms with E-state index in [9.17, 15) is 18.8 Å². The number of piperidine rings is 2. The third-order valence-corrected chi connectivity index (χ3v) is 11.7. The van der Waals surface area contributed by atoms with E-state index in [0.29, 0.717) is 56.3 Å². The Kier molecular flexibility index (Phi) is 9.14. The van der Waals surface area contributed by atoms with E-state index in [1.165, 1.54) is 31.4 Å². The molecule has 0 spiro atoms. The first-order valence-corrected chi connectivity index (χ1v) is 17.2. The third-order valence-electron chi connectivity index (χ3n) is 11.7. The molecule has 4 aliphatic heterocycles. The number of rotatable bonds is 7. The van der Waals surface area contributed by atoms with Crippen molar-refractivity contribution in [1.82, 2.24) is 20.4 Å². The summed E-state index contributed by atoms with van der Waals surface area (Å²) in [6.07, 6.45) is 13.6. The summed E-state index contributed by atoms with van der Waals surface area (Å²) in [4.78, 5) is 46.3. The largest absolute Gasteiger partial charge is 0.344 e. The molecule has 43 heavy (non-hydrogen) atoms. The van der Waals surface area contributed by atoms with Gasteiger partial charge in [-0.25, -0.2) is 4.39 Å². The molecule has 1 aromatic carbocycles. The predicted molar refractivity (Wildman–Crippen MR) is 165 cm³/mol. The number of benzene rings is 1. The number of carbonyl (C=O) groups excluding carboxylic acids is 3. The van der Waals surface area contributed by atoms with Crippen LogP contribution in [0.4, 0.5) is 4.39 Å². The quantitative estimate of drug-likeness (QED) is 0.467. The minimum Gasteiger partial charge on any atom is -0.344 e. The van der Waals surface area contributed by atoms with E-state index in [4.69, 9.17) is 0 Å². The fourth-order valence-corrected chi connectivity index (χ4v) is 9.43. The summed E-state index contributed by atoms with van der Waals surface area (Å²) in [5.74, 6) is 0.141. The van der Waals surface area contributed by atoms with Crippen LogP contribution in [0.15, 0.2) is 24.3 Å². The van der Waals surface area contributed by atoms with E-state index in [1.54, 1.807) is 12.1 Å². The molecule has 6 rings (SSSR count). The van der Waals surface area contributed by atoms with Crippen molar-refractivity contribution in [2.75, 3.05) is 13.1 Å². The number of halogens is 1. The summed E-state index contributed by atoms with van der Waals surface area (Å²) in [5.41, 5.74) is 0.444. The van der Waals surface area contributed by atoms with Gasteiger partial charge in [-0.05, 0) is 102 Å². The minimum atomic E-state index is -0.717. The van der Waals surface area contributed by atoms with E-state index in [2.05, 4.69) is 29.4 Å². The molecule has 1 aromatic rings. The monoisotopic (exact) mass is 594 g/mol. The third kappa shape index (κ3) is 6.36. The summed E-state index contributed by atoms with van der Waals surface area (Å²) in [6, 6.07) is 6.80. The van der Waals surface area contributed by atoms with Gasteiger partial charge in [0.25, 0.3) is 0 Å². The number of nitrogens with one attached hydrogen (secondary N) is 2. The second-order valence-electron chi connectivity index (χ2n) is 14.5. The van der Waals surface area contributed by atoms with Crippen LogP contribution < -0.4 is 10.6 Å². The molecule has 236 valence electrons. The second-order valence-corrected chi connectivity index (χ2v) is 14.5. The molecular formula is C35H51FN4O3. The Morgan fingerprint density at radius 3 is 2.07 bits per heavy atom. The van der Waals surface area contributed by atoms with E-state index >= 15 is 0 Å². The number of likely N-dealkylation sites (tertiary alicyclic amines) is 1. The van der Waals surface area contributed by atoms with Gasteiger partial charge in [-0.1, -0.05) is 31.4 Å². The molecule has 5 fully saturated rings. The van der Waals surface area contributed by atoms with Gasteiger partial charge in [-0.15, -0.1) is 0 Å². The zero-order valence-corrected chi connectivity index (χ0v) is 26.2. The van der Waals surface area contributed by atoms with E-state index in [-0.39, 0.29) is 41.0 Å². The van der Waals surface area contributed by atoms with Crippen LogP contribution in [-0.4, -0.2) is 70.8 Å². The lowest BCUT2D eigenvalue weighted by atomic mass is 9.63. The smallest absolute Gasteiger partial charge is 0.245 e. The van der Waals surface area contributed by atoms with Crippen molar-refractivity contribution in [1.29, 1.82) is 0 Å². The molecule has 7 nitrogen and oxygen atoms in total. The second kappa shape index (κ2) is 12.9. The van der Waals surface area contributed by atoms with Gasteiger partial charge in [0.05, 0.1) is 5.41 Å². The van der Waals surface area contributed by atoms with Gasteiger partial charge >= 0.3 is 0 Å². The van der Waals surface area contributed by atoms with Crippen molar-refractivity contribution in [3.8, 4) is 0 Å². The number of fused-ring (bicyclic) bond motifs is 2. The molecule has 1 saturated carbocycles. The number of hydrogen-bond donors (Lipinski definition) is 2. The SMILES string of the molecule is C[C@H]1CC(C(=O)N[C@H](Cc2ccc(F)cc2)C(=O)N2CCC(C(=O)N3C4CCC3CC4)(C3CCCCC3)CC2)C[C@H](C)N1. The summed E-state index contributed by atoms with van der Waals surface area (Å²) in [5, 5.41) is 6.62. The maximum atomic E-state index is 14.5. The van der Waals surface area contributed by atoms with Gasteiger partial charge in [0.2, 0.25) is 17.7 Å². The maximum absolute atomic E-state index is 14.5. The lowest BCUT2D eigenvalue weighted by Crippen LogP contribution is -2.58. The van der Waals surface area contributed by atoms with Crippen LogP contribution in [0.25, 0.3) is 0 Å². The standard InChI is InChI=1S/C35H51FN4O3/c1-23-20-26(21-24(2)37-23)32(41)38-31(22-25-8-10-28(36)11-9-25)33(42)39-18-16-35(17-19-39,27-6-4-3-5-7-27)34(43)40-29-12-13-30(40)15-14-29/h8-11,23-24,26-27,29-31,37H,3-7,12-22H2,1-2H3,(H,38,41)/t23-,24-,29?,30?,31+/m0/s1. The summed E-state index contributed by atoms with van der Waals surface area (Å²) in [6.45, 7) is 5.28. The molecule has 3 atom stereocenters. The van der Waals surface area contributed by atoms with Crippen molar-refractivity contribution in [3.05, 3.63) is 35.6 Å². The zero-order valence-electron chi connectivity index (χ0n) is 26.2. The Hall–Kier alpha value is -2.48. The first kappa shape index (κ1) is 30.5. The Morgan fingerprint density at radius 2 is 1.49 bits per heavy atom. The van der Waals surface area contributed by atoms with Crippen LogP contribution in [0.3, 0.4) is 0 Å². The highest BCUT2D eigenvalue weighted by atomic mass is 19.1. The van der Waals surface area contributed by atoms with Gasteiger partial charge in [0.1, 0.15) is 11.9 Å². The maximum Gasteiger partial charge on any atom is 0.245 e. The highest BCUT2D eigenvalue weighted by Gasteiger charge is 2.54. The van der Waals surface area contributed by atoms with Crippen LogP contribution in [0.5, 0.6) is 0 Å². The summed E-state index contributed by atoms with van der Waals surface area (Å²) < 4.78 is 13.7. The van der Waals surface area contributed by atoms with E-state index < -0.39 is 6.04 Å². The number of carbonyl (C=O) groups is 3. The summed E-state index contributed by atoms with van der Waals surface area (Å²) in [7, 11) is 0. The number of amides is 3. The molecule has 4 heterocycles. The Bertz CT molecular complexity index is 1130. The van der Waals surface area contributed by atoms with Crippen LogP contribution >= 0.6 is 0 Å². The molecule has 2 N–H and O–H groups in total. The molecule has 3 amide bonds. The normalized spacial score (nSPS) is 31.6. The molecular weight excluding hydrogens is 543 g/mol. The van der Waals surface area contributed by atoms with E-state index in [1.807, 2.05) is 4.90 Å². The van der Waals surface area contributed by atoms with Crippen LogP contribution in [0, 0.1) is 23.1 Å². The van der Waals surface area contributed by atoms with Crippen LogP contribution in [-0.2, 0) is 20.8 Å². The molecule has 0 aromatic heterocycles. The van der Waals surface area contributed by atoms with Crippen molar-refractivity contribution in [2.45, 2.75) is 134 Å². The average molecular weight is 595 g/mol. The highest BCUT2D eigenvalue weighted by molar-refractivity contribution is 5.89. The average Bonchev–Trinajstić information content (AvgIpc) is 3.62. The lowest BCUT2D eigenvalue weighted by molar-refractivity contribution is -0.155. The Balaban J connectivity index is 1.19. The first-order valence-electron chi connectivity index (χ1n) is 17.2. The van der Waals surface area contributed by atoms with Gasteiger partial charge < -0.3 is 20.4 Å². The number of nitrogens with zero attached hydrogens (tertiary/aromatic N) is 2. The first-order chi connectivity index (χ1) is 20.7. The van der Waals surface area contributed by atoms with Crippen LogP contribution in [0.1, 0.15) is 103 Å². The van der Waals surface area contributed by atoms with Gasteiger partial charge in [-0.3, -0.25) is 14.4 Å².